The van der Waals surface area contributed by atoms with Crippen molar-refractivity contribution in [1.82, 2.24) is 5.32 Å². The van der Waals surface area contributed by atoms with E-state index in [0.29, 0.717) is 13.0 Å². The van der Waals surface area contributed by atoms with Crippen LogP contribution in [0.25, 0.3) is 0 Å². The number of aliphatic hydroxyl groups excluding tert-OH is 1. The van der Waals surface area contributed by atoms with Crippen molar-refractivity contribution in [3.05, 3.63) is 38.9 Å². The molecule has 0 spiro atoms. The van der Waals surface area contributed by atoms with E-state index in [0.717, 1.165) is 6.42 Å². The molecule has 1 aromatic carbocycles. The lowest BCUT2D eigenvalue weighted by atomic mass is 10.0. The van der Waals surface area contributed by atoms with Gasteiger partial charge in [-0.05, 0) is 24.5 Å². The van der Waals surface area contributed by atoms with E-state index in [2.05, 4.69) is 5.32 Å². The molecule has 0 aliphatic heterocycles. The summed E-state index contributed by atoms with van der Waals surface area (Å²) in [7, 11) is 0. The van der Waals surface area contributed by atoms with Gasteiger partial charge in [-0.3, -0.25) is 14.9 Å². The topological polar surface area (TPSA) is 92.5 Å². The Labute approximate surface area is 121 Å². The number of carbonyl (C=O) groups is 1. The predicted molar refractivity (Wildman–Crippen MR) is 75.9 cm³/mol. The molecular formula is C13H17ClN2O4. The van der Waals surface area contributed by atoms with Gasteiger partial charge in [0, 0.05) is 13.2 Å². The lowest BCUT2D eigenvalue weighted by Gasteiger charge is -2.14. The van der Waals surface area contributed by atoms with Gasteiger partial charge in [0.1, 0.15) is 10.6 Å². The number of nitrogens with one attached hydrogen (secondary N) is 1. The first-order chi connectivity index (χ1) is 9.51. The summed E-state index contributed by atoms with van der Waals surface area (Å²) in [6, 6.07) is 4.23. The summed E-state index contributed by atoms with van der Waals surface area (Å²) < 4.78 is 0. The number of amides is 1. The molecule has 0 heterocycles. The Morgan fingerprint density at radius 2 is 2.25 bits per heavy atom. The second-order valence-electron chi connectivity index (χ2n) is 4.39. The van der Waals surface area contributed by atoms with Crippen LogP contribution in [0.5, 0.6) is 0 Å². The van der Waals surface area contributed by atoms with Gasteiger partial charge in [-0.2, -0.15) is 0 Å². The fourth-order valence-corrected chi connectivity index (χ4v) is 2.09. The molecule has 1 amide bonds. The van der Waals surface area contributed by atoms with Crippen molar-refractivity contribution < 1.29 is 14.8 Å². The molecule has 0 radical (unpaired) electrons. The molecule has 7 heteroatoms. The molecule has 110 valence electrons. The molecule has 0 saturated heterocycles. The molecule has 0 aromatic heterocycles. The summed E-state index contributed by atoms with van der Waals surface area (Å²) in [5.74, 6) is -0.391. The summed E-state index contributed by atoms with van der Waals surface area (Å²) >= 11 is 5.75. The van der Waals surface area contributed by atoms with Gasteiger partial charge in [-0.15, -0.1) is 0 Å². The van der Waals surface area contributed by atoms with Crippen molar-refractivity contribution in [3.8, 4) is 0 Å². The highest BCUT2D eigenvalue weighted by Crippen LogP contribution is 2.28. The van der Waals surface area contributed by atoms with E-state index in [1.54, 1.807) is 0 Å². The van der Waals surface area contributed by atoms with E-state index >= 15 is 0 Å². The number of halogens is 1. The normalized spacial score (nSPS) is 11.9. The van der Waals surface area contributed by atoms with Crippen molar-refractivity contribution in [1.29, 1.82) is 0 Å². The number of rotatable bonds is 7. The fraction of sp³-hybridized carbons (Fsp3) is 0.462. The zero-order valence-corrected chi connectivity index (χ0v) is 11.9. The van der Waals surface area contributed by atoms with Gasteiger partial charge >= 0.3 is 5.69 Å². The molecule has 1 rings (SSSR count). The van der Waals surface area contributed by atoms with Crippen LogP contribution in [0.15, 0.2) is 18.2 Å². The largest absolute Gasteiger partial charge is 0.396 e. The summed E-state index contributed by atoms with van der Waals surface area (Å²) in [5, 5.41) is 22.4. The molecule has 0 bridgehead atoms. The molecule has 1 aromatic rings. The van der Waals surface area contributed by atoms with E-state index in [4.69, 9.17) is 16.7 Å². The van der Waals surface area contributed by atoms with Crippen molar-refractivity contribution in [2.24, 2.45) is 5.92 Å². The number of nitrogens with zero attached hydrogens (tertiary/aromatic N) is 1. The molecule has 1 unspecified atom stereocenters. The van der Waals surface area contributed by atoms with Crippen LogP contribution in [0.1, 0.15) is 30.1 Å². The van der Waals surface area contributed by atoms with Crippen LogP contribution in [-0.4, -0.2) is 29.1 Å². The lowest BCUT2D eigenvalue weighted by molar-refractivity contribution is -0.385. The van der Waals surface area contributed by atoms with Gasteiger partial charge in [-0.25, -0.2) is 0 Å². The average molecular weight is 301 g/mol. The molecule has 0 aliphatic carbocycles. The van der Waals surface area contributed by atoms with Crippen LogP contribution in [0.2, 0.25) is 5.02 Å². The smallest absolute Gasteiger partial charge is 0.300 e. The highest BCUT2D eigenvalue weighted by Gasteiger charge is 2.23. The lowest BCUT2D eigenvalue weighted by Crippen LogP contribution is -2.30. The zero-order chi connectivity index (χ0) is 15.1. The second kappa shape index (κ2) is 7.81. The summed E-state index contributed by atoms with van der Waals surface area (Å²) in [5.41, 5.74) is -0.441. The van der Waals surface area contributed by atoms with E-state index in [-0.39, 0.29) is 28.8 Å². The number of nitro groups is 1. The van der Waals surface area contributed by atoms with Crippen molar-refractivity contribution in [2.75, 3.05) is 13.2 Å². The summed E-state index contributed by atoms with van der Waals surface area (Å²) in [4.78, 5) is 22.3. The minimum absolute atomic E-state index is 0.0473. The molecule has 0 fully saturated rings. The Kier molecular flexibility index (Phi) is 6.41. The van der Waals surface area contributed by atoms with E-state index in [9.17, 15) is 14.9 Å². The van der Waals surface area contributed by atoms with Crippen molar-refractivity contribution in [3.63, 3.8) is 0 Å². The van der Waals surface area contributed by atoms with Crippen LogP contribution in [0.4, 0.5) is 5.69 Å². The first-order valence-electron chi connectivity index (χ1n) is 6.33. The number of carbonyl (C=O) groups excluding carboxylic acids is 1. The van der Waals surface area contributed by atoms with E-state index < -0.39 is 10.8 Å². The standard InChI is InChI=1S/C13H17ClN2O4/c1-2-9(6-7-17)8-15-13(18)10-4-3-5-11(14)12(10)16(19)20/h3-5,9,17H,2,6-8H2,1H3,(H,15,18). The molecule has 2 N–H and O–H groups in total. The Morgan fingerprint density at radius 1 is 1.55 bits per heavy atom. The van der Waals surface area contributed by atoms with E-state index in [1.165, 1.54) is 18.2 Å². The minimum atomic E-state index is -0.664. The van der Waals surface area contributed by atoms with Crippen LogP contribution >= 0.6 is 11.6 Å². The van der Waals surface area contributed by atoms with Gasteiger partial charge < -0.3 is 10.4 Å². The van der Waals surface area contributed by atoms with E-state index in [1.807, 2.05) is 6.92 Å². The van der Waals surface area contributed by atoms with Gasteiger partial charge in [0.05, 0.1) is 4.92 Å². The Balaban J connectivity index is 2.83. The fourth-order valence-electron chi connectivity index (χ4n) is 1.85. The Morgan fingerprint density at radius 3 is 2.80 bits per heavy atom. The summed E-state index contributed by atoms with van der Waals surface area (Å²) in [6.45, 7) is 2.36. The minimum Gasteiger partial charge on any atom is -0.396 e. The van der Waals surface area contributed by atoms with Crippen LogP contribution in [0.3, 0.4) is 0 Å². The quantitative estimate of drug-likeness (QED) is 0.597. The second-order valence-corrected chi connectivity index (χ2v) is 4.80. The molecule has 0 aliphatic rings. The number of para-hydroxylation sites is 1. The first kappa shape index (κ1) is 16.4. The molecular weight excluding hydrogens is 284 g/mol. The third kappa shape index (κ3) is 4.18. The number of nitro benzene ring substituents is 1. The van der Waals surface area contributed by atoms with Gasteiger partial charge in [0.15, 0.2) is 0 Å². The average Bonchev–Trinajstić information content (AvgIpc) is 2.42. The highest BCUT2D eigenvalue weighted by molar-refractivity contribution is 6.33. The number of benzene rings is 1. The Hall–Kier alpha value is -1.66. The maximum absolute atomic E-state index is 12.0. The SMILES string of the molecule is CCC(CCO)CNC(=O)c1cccc(Cl)c1[N+](=O)[O-]. The third-order valence-electron chi connectivity index (χ3n) is 3.08. The molecule has 6 nitrogen and oxygen atoms in total. The third-order valence-corrected chi connectivity index (χ3v) is 3.38. The van der Waals surface area contributed by atoms with Crippen LogP contribution in [0, 0.1) is 16.0 Å². The van der Waals surface area contributed by atoms with Crippen LogP contribution < -0.4 is 5.32 Å². The van der Waals surface area contributed by atoms with Gasteiger partial charge in [0.2, 0.25) is 0 Å². The summed E-state index contributed by atoms with van der Waals surface area (Å²) in [6.07, 6.45) is 1.38. The molecule has 0 saturated carbocycles. The van der Waals surface area contributed by atoms with Crippen molar-refractivity contribution in [2.45, 2.75) is 19.8 Å². The van der Waals surface area contributed by atoms with Crippen LogP contribution in [-0.2, 0) is 0 Å². The first-order valence-corrected chi connectivity index (χ1v) is 6.71. The predicted octanol–water partition coefficient (Wildman–Crippen LogP) is 2.39. The van der Waals surface area contributed by atoms with Gasteiger partial charge in [-0.1, -0.05) is 31.0 Å². The monoisotopic (exact) mass is 300 g/mol. The molecule has 20 heavy (non-hydrogen) atoms. The maximum atomic E-state index is 12.0. The highest BCUT2D eigenvalue weighted by atomic mass is 35.5. The number of hydrogen-bond acceptors (Lipinski definition) is 4. The zero-order valence-electron chi connectivity index (χ0n) is 11.1. The van der Waals surface area contributed by atoms with Gasteiger partial charge in [0.25, 0.3) is 5.91 Å². The number of aliphatic hydroxyl groups is 1. The maximum Gasteiger partial charge on any atom is 0.300 e. The van der Waals surface area contributed by atoms with Crippen molar-refractivity contribution >= 4 is 23.2 Å². The Bertz CT molecular complexity index is 493. The molecule has 1 atom stereocenters. The number of hydrogen-bond donors (Lipinski definition) is 2.